The quantitative estimate of drug-likeness (QED) is 0.894. The number of thioether (sulfide) groups is 1. The van der Waals surface area contributed by atoms with Gasteiger partial charge in [-0.05, 0) is 30.5 Å². The van der Waals surface area contributed by atoms with Crippen molar-refractivity contribution in [2.45, 2.75) is 32.9 Å². The van der Waals surface area contributed by atoms with Crippen molar-refractivity contribution in [3.8, 4) is 0 Å². The molecule has 1 fully saturated rings. The molecule has 1 amide bonds. The molecule has 20 heavy (non-hydrogen) atoms. The summed E-state index contributed by atoms with van der Waals surface area (Å²) < 4.78 is 13.5. The van der Waals surface area contributed by atoms with Gasteiger partial charge in [0.25, 0.3) is 0 Å². The Bertz CT molecular complexity index is 464. The van der Waals surface area contributed by atoms with Gasteiger partial charge in [-0.3, -0.25) is 4.79 Å². The molecule has 0 aliphatic carbocycles. The lowest BCUT2D eigenvalue weighted by atomic mass is 10.1. The molecule has 1 aliphatic rings. The zero-order valence-electron chi connectivity index (χ0n) is 12.0. The van der Waals surface area contributed by atoms with Crippen LogP contribution in [-0.2, 0) is 11.3 Å². The third-order valence-electron chi connectivity index (χ3n) is 3.42. The van der Waals surface area contributed by atoms with Gasteiger partial charge in [0.2, 0.25) is 5.91 Å². The maximum absolute atomic E-state index is 13.5. The second-order valence-corrected chi connectivity index (χ2v) is 6.40. The van der Waals surface area contributed by atoms with Gasteiger partial charge < -0.3 is 10.6 Å². The Balaban J connectivity index is 1.83. The van der Waals surface area contributed by atoms with Gasteiger partial charge in [0.15, 0.2) is 0 Å². The van der Waals surface area contributed by atoms with Crippen LogP contribution in [0.2, 0.25) is 0 Å². The van der Waals surface area contributed by atoms with E-state index in [2.05, 4.69) is 10.6 Å². The molecule has 1 heterocycles. The minimum Gasteiger partial charge on any atom is -0.352 e. The van der Waals surface area contributed by atoms with Crippen LogP contribution in [0.15, 0.2) is 12.1 Å². The van der Waals surface area contributed by atoms with Gasteiger partial charge in [-0.1, -0.05) is 12.1 Å². The van der Waals surface area contributed by atoms with Crippen LogP contribution in [-0.4, -0.2) is 30.0 Å². The molecule has 110 valence electrons. The van der Waals surface area contributed by atoms with Crippen LogP contribution in [0.5, 0.6) is 0 Å². The molecule has 2 N–H and O–H groups in total. The first-order valence-electron chi connectivity index (χ1n) is 6.89. The molecule has 1 atom stereocenters. The second-order valence-electron chi connectivity index (χ2n) is 5.25. The number of nitrogens with one attached hydrogen (secondary N) is 2. The molecule has 0 spiro atoms. The van der Waals surface area contributed by atoms with Crippen LogP contribution in [0.25, 0.3) is 0 Å². The van der Waals surface area contributed by atoms with Gasteiger partial charge in [0.05, 0.1) is 0 Å². The fraction of sp³-hybridized carbons (Fsp3) is 0.533. The van der Waals surface area contributed by atoms with E-state index in [-0.39, 0.29) is 17.8 Å². The van der Waals surface area contributed by atoms with Crippen molar-refractivity contribution >= 4 is 17.7 Å². The van der Waals surface area contributed by atoms with Crippen LogP contribution in [0.4, 0.5) is 4.39 Å². The lowest BCUT2D eigenvalue weighted by Crippen LogP contribution is -2.41. The predicted octanol–water partition coefficient (Wildman–Crippen LogP) is 2.15. The molecular formula is C15H21FN2OS. The number of hydrogen-bond donors (Lipinski definition) is 2. The van der Waals surface area contributed by atoms with Crippen molar-refractivity contribution in [2.24, 2.45) is 0 Å². The third-order valence-corrected chi connectivity index (χ3v) is 4.55. The van der Waals surface area contributed by atoms with Gasteiger partial charge in [0.1, 0.15) is 5.82 Å². The number of halogens is 1. The van der Waals surface area contributed by atoms with Crippen molar-refractivity contribution in [3.05, 3.63) is 34.6 Å². The summed E-state index contributed by atoms with van der Waals surface area (Å²) in [5, 5.41) is 6.25. The maximum Gasteiger partial charge on any atom is 0.221 e. The van der Waals surface area contributed by atoms with Crippen molar-refractivity contribution < 1.29 is 9.18 Å². The number of carbonyl (C=O) groups excluding carboxylic acids is 1. The molecule has 0 bridgehead atoms. The first kappa shape index (κ1) is 15.3. The van der Waals surface area contributed by atoms with Gasteiger partial charge in [0, 0.05) is 37.1 Å². The maximum atomic E-state index is 13.5. The van der Waals surface area contributed by atoms with Gasteiger partial charge in [-0.15, -0.1) is 0 Å². The highest BCUT2D eigenvalue weighted by Gasteiger charge is 2.16. The topological polar surface area (TPSA) is 41.1 Å². The Hall–Kier alpha value is -1.07. The molecule has 3 nitrogen and oxygen atoms in total. The van der Waals surface area contributed by atoms with Crippen molar-refractivity contribution in [2.75, 3.05) is 18.1 Å². The van der Waals surface area contributed by atoms with E-state index < -0.39 is 0 Å². The third kappa shape index (κ3) is 4.21. The van der Waals surface area contributed by atoms with E-state index in [1.807, 2.05) is 11.8 Å². The highest BCUT2D eigenvalue weighted by atomic mass is 32.2. The molecule has 1 aliphatic heterocycles. The van der Waals surface area contributed by atoms with Crippen LogP contribution in [0, 0.1) is 19.7 Å². The van der Waals surface area contributed by atoms with Gasteiger partial charge in [-0.25, -0.2) is 4.39 Å². The summed E-state index contributed by atoms with van der Waals surface area (Å²) in [7, 11) is 0. The zero-order valence-corrected chi connectivity index (χ0v) is 12.8. The molecule has 0 radical (unpaired) electrons. The minimum atomic E-state index is -0.163. The normalized spacial score (nSPS) is 18.9. The van der Waals surface area contributed by atoms with Gasteiger partial charge in [-0.2, -0.15) is 11.8 Å². The molecule has 1 aromatic carbocycles. The average molecular weight is 296 g/mol. The van der Waals surface area contributed by atoms with Crippen LogP contribution >= 0.6 is 11.8 Å². The fourth-order valence-corrected chi connectivity index (χ4v) is 3.33. The van der Waals surface area contributed by atoms with Crippen LogP contribution < -0.4 is 10.6 Å². The number of hydrogen-bond acceptors (Lipinski definition) is 3. The second kappa shape index (κ2) is 7.09. The molecule has 1 saturated heterocycles. The number of amides is 1. The van der Waals surface area contributed by atoms with Crippen LogP contribution in [0.1, 0.15) is 23.1 Å². The van der Waals surface area contributed by atoms with Crippen LogP contribution in [0.3, 0.4) is 0 Å². The number of benzene rings is 1. The summed E-state index contributed by atoms with van der Waals surface area (Å²) in [5.74, 6) is 1.99. The summed E-state index contributed by atoms with van der Waals surface area (Å²) in [4.78, 5) is 11.9. The Morgan fingerprint density at radius 2 is 2.15 bits per heavy atom. The van der Waals surface area contributed by atoms with E-state index in [1.165, 1.54) is 0 Å². The number of aryl methyl sites for hydroxylation is 2. The predicted molar refractivity (Wildman–Crippen MR) is 81.5 cm³/mol. The van der Waals surface area contributed by atoms with Crippen molar-refractivity contribution in [3.63, 3.8) is 0 Å². The van der Waals surface area contributed by atoms with Crippen molar-refractivity contribution in [1.29, 1.82) is 0 Å². The Kier molecular flexibility index (Phi) is 5.43. The minimum absolute atomic E-state index is 0.0460. The largest absolute Gasteiger partial charge is 0.352 e. The average Bonchev–Trinajstić information content (AvgIpc) is 2.43. The van der Waals surface area contributed by atoms with E-state index in [4.69, 9.17) is 0 Å². The number of carbonyl (C=O) groups is 1. The SMILES string of the molecule is Cc1cc(CNC(=O)CC2CSCCN2)cc(C)c1F. The van der Waals surface area contributed by atoms with Gasteiger partial charge >= 0.3 is 0 Å². The number of rotatable bonds is 4. The standard InChI is InChI=1S/C15H21FN2OS/c1-10-5-12(6-11(2)15(10)16)8-18-14(19)7-13-9-20-4-3-17-13/h5-6,13,17H,3-4,7-9H2,1-2H3,(H,18,19). The van der Waals surface area contributed by atoms with E-state index in [0.29, 0.717) is 24.1 Å². The smallest absolute Gasteiger partial charge is 0.221 e. The lowest BCUT2D eigenvalue weighted by molar-refractivity contribution is -0.121. The lowest BCUT2D eigenvalue weighted by Gasteiger charge is -2.22. The monoisotopic (exact) mass is 296 g/mol. The molecule has 0 aromatic heterocycles. The molecule has 2 rings (SSSR count). The summed E-state index contributed by atoms with van der Waals surface area (Å²) in [6, 6.07) is 3.85. The Morgan fingerprint density at radius 3 is 2.75 bits per heavy atom. The molecular weight excluding hydrogens is 275 g/mol. The van der Waals surface area contributed by atoms with E-state index in [9.17, 15) is 9.18 Å². The molecule has 5 heteroatoms. The molecule has 1 aromatic rings. The van der Waals surface area contributed by atoms with E-state index in [0.717, 1.165) is 23.6 Å². The van der Waals surface area contributed by atoms with E-state index >= 15 is 0 Å². The highest BCUT2D eigenvalue weighted by Crippen LogP contribution is 2.15. The highest BCUT2D eigenvalue weighted by molar-refractivity contribution is 7.99. The molecule has 0 saturated carbocycles. The van der Waals surface area contributed by atoms with Crippen molar-refractivity contribution in [1.82, 2.24) is 10.6 Å². The zero-order chi connectivity index (χ0) is 14.5. The molecule has 1 unspecified atom stereocenters. The fourth-order valence-electron chi connectivity index (χ4n) is 2.39. The summed E-state index contributed by atoms with van der Waals surface area (Å²) in [6.45, 7) is 4.92. The summed E-state index contributed by atoms with van der Waals surface area (Å²) in [5.41, 5.74) is 2.19. The summed E-state index contributed by atoms with van der Waals surface area (Å²) >= 11 is 1.88. The summed E-state index contributed by atoms with van der Waals surface area (Å²) in [6.07, 6.45) is 0.506. The first-order valence-corrected chi connectivity index (χ1v) is 8.05. The Morgan fingerprint density at radius 1 is 1.45 bits per heavy atom. The van der Waals surface area contributed by atoms with E-state index in [1.54, 1.807) is 26.0 Å². The Labute approximate surface area is 123 Å². The first-order chi connectivity index (χ1) is 9.56.